The van der Waals surface area contributed by atoms with Crippen molar-refractivity contribution in [3.8, 4) is 22.3 Å². The summed E-state index contributed by atoms with van der Waals surface area (Å²) in [4.78, 5) is 12.0. The van der Waals surface area contributed by atoms with Gasteiger partial charge in [0, 0.05) is 70.6 Å². The minimum Gasteiger partial charge on any atom is -0.392 e. The number of benzene rings is 2. The Morgan fingerprint density at radius 3 is 2.40 bits per heavy atom. The van der Waals surface area contributed by atoms with Crippen molar-refractivity contribution in [2.45, 2.75) is 50.2 Å². The number of halogens is 1. The summed E-state index contributed by atoms with van der Waals surface area (Å²) in [5, 5.41) is 14.9. The first-order chi connectivity index (χ1) is 23.1. The highest BCUT2D eigenvalue weighted by molar-refractivity contribution is 7.90. The van der Waals surface area contributed by atoms with Crippen molar-refractivity contribution >= 4 is 21.1 Å². The number of rotatable bonds is 9. The highest BCUT2D eigenvalue weighted by Gasteiger charge is 2.25. The van der Waals surface area contributed by atoms with Crippen LogP contribution in [0.15, 0.2) is 103 Å². The average molecular weight is 665 g/mol. The van der Waals surface area contributed by atoms with Gasteiger partial charge >= 0.3 is 0 Å². The fourth-order valence-corrected chi connectivity index (χ4v) is 7.81. The van der Waals surface area contributed by atoms with Crippen LogP contribution in [-0.4, -0.2) is 67.9 Å². The van der Waals surface area contributed by atoms with Crippen molar-refractivity contribution in [2.24, 2.45) is 0 Å². The summed E-state index contributed by atoms with van der Waals surface area (Å²) >= 11 is 0. The zero-order valence-corrected chi connectivity index (χ0v) is 27.7. The number of aromatic nitrogens is 5. The first kappa shape index (κ1) is 31.9. The second-order valence-corrected chi connectivity index (χ2v) is 14.5. The number of likely N-dealkylation sites (tertiary alicyclic amines) is 1. The van der Waals surface area contributed by atoms with Gasteiger partial charge in [0.1, 0.15) is 5.82 Å². The number of fused-ring (bicyclic) bond motifs is 1. The standard InChI is InChI=1S/C37H37FN6O3S/c1-25-6-9-33(10-7-25)48(46,47)44-24-35(31-20-41-43(23-31)22-27-4-3-5-32(38)16-27)34-17-30(19-40-37(34)44)29-8-11-36(39-18-29)28-12-14-42(15-13-28)21-26(2)45/h3-11,16-20,23-24,26,28,45H,12-15,21-22H2,1-2H3/t26-/m0/s1. The third-order valence-electron chi connectivity index (χ3n) is 9.02. The molecule has 0 amide bonds. The molecule has 0 radical (unpaired) electrons. The number of piperidine rings is 1. The van der Waals surface area contributed by atoms with Gasteiger partial charge in [-0.25, -0.2) is 21.8 Å². The van der Waals surface area contributed by atoms with Gasteiger partial charge in [-0.2, -0.15) is 5.10 Å². The molecule has 1 N–H and O–H groups in total. The molecule has 246 valence electrons. The van der Waals surface area contributed by atoms with E-state index in [1.165, 1.54) is 16.1 Å². The van der Waals surface area contributed by atoms with Gasteiger partial charge in [0.25, 0.3) is 10.0 Å². The Bertz CT molecular complexity index is 2170. The number of aliphatic hydroxyl groups is 1. The van der Waals surface area contributed by atoms with Crippen LogP contribution in [0.4, 0.5) is 4.39 Å². The Morgan fingerprint density at radius 1 is 0.917 bits per heavy atom. The van der Waals surface area contributed by atoms with Crippen LogP contribution in [0.3, 0.4) is 0 Å². The lowest BCUT2D eigenvalue weighted by molar-refractivity contribution is 0.109. The molecule has 0 spiro atoms. The molecule has 1 aliphatic heterocycles. The van der Waals surface area contributed by atoms with Crippen molar-refractivity contribution in [1.29, 1.82) is 0 Å². The molecule has 11 heteroatoms. The van der Waals surface area contributed by atoms with Crippen LogP contribution in [0.25, 0.3) is 33.3 Å². The quantitative estimate of drug-likeness (QED) is 0.195. The molecular formula is C37H37FN6O3S. The van der Waals surface area contributed by atoms with Gasteiger partial charge in [0.2, 0.25) is 0 Å². The van der Waals surface area contributed by atoms with Gasteiger partial charge in [-0.1, -0.05) is 35.9 Å². The molecular weight excluding hydrogens is 628 g/mol. The van der Waals surface area contributed by atoms with Gasteiger partial charge in [-0.05, 0) is 81.7 Å². The van der Waals surface area contributed by atoms with Crippen molar-refractivity contribution in [2.75, 3.05) is 19.6 Å². The van der Waals surface area contributed by atoms with E-state index in [0.717, 1.165) is 53.9 Å². The first-order valence-corrected chi connectivity index (χ1v) is 17.6. The summed E-state index contributed by atoms with van der Waals surface area (Å²) in [6.45, 7) is 6.65. The van der Waals surface area contributed by atoms with Crippen LogP contribution in [0.1, 0.15) is 42.5 Å². The third kappa shape index (κ3) is 6.53. The van der Waals surface area contributed by atoms with Crippen LogP contribution in [0.5, 0.6) is 0 Å². The number of pyridine rings is 2. The maximum atomic E-state index is 13.9. The second kappa shape index (κ2) is 13.1. The highest BCUT2D eigenvalue weighted by atomic mass is 32.2. The van der Waals surface area contributed by atoms with E-state index in [0.29, 0.717) is 41.2 Å². The fraction of sp³-hybridized carbons (Fsp3) is 0.270. The number of nitrogens with zero attached hydrogens (tertiary/aromatic N) is 6. The summed E-state index contributed by atoms with van der Waals surface area (Å²) in [5.74, 6) is 0.0462. The SMILES string of the molecule is Cc1ccc(S(=O)(=O)n2cc(-c3cnn(Cc4cccc(F)c4)c3)c3cc(-c4ccc(C5CCN(C[C@H](C)O)CC5)nc4)cnc32)cc1. The van der Waals surface area contributed by atoms with E-state index in [1.807, 2.05) is 44.4 Å². The largest absolute Gasteiger partial charge is 0.392 e. The molecule has 1 aliphatic rings. The van der Waals surface area contributed by atoms with Gasteiger partial charge in [-0.15, -0.1) is 0 Å². The van der Waals surface area contributed by atoms with E-state index in [-0.39, 0.29) is 16.8 Å². The van der Waals surface area contributed by atoms with Crippen molar-refractivity contribution in [1.82, 2.24) is 28.6 Å². The molecule has 6 aromatic rings. The first-order valence-electron chi connectivity index (χ1n) is 16.1. The van der Waals surface area contributed by atoms with E-state index in [4.69, 9.17) is 9.97 Å². The topological polar surface area (TPSA) is 106 Å². The maximum absolute atomic E-state index is 13.9. The molecule has 0 saturated carbocycles. The summed E-state index contributed by atoms with van der Waals surface area (Å²) in [7, 11) is -3.97. The van der Waals surface area contributed by atoms with Crippen molar-refractivity contribution in [3.63, 3.8) is 0 Å². The Labute approximate surface area is 279 Å². The van der Waals surface area contributed by atoms with Gasteiger partial charge in [0.15, 0.2) is 5.65 Å². The molecule has 9 nitrogen and oxygen atoms in total. The third-order valence-corrected chi connectivity index (χ3v) is 10.7. The highest BCUT2D eigenvalue weighted by Crippen LogP contribution is 2.35. The lowest BCUT2D eigenvalue weighted by Gasteiger charge is -2.32. The summed E-state index contributed by atoms with van der Waals surface area (Å²) in [5.41, 5.74) is 6.14. The fourth-order valence-electron chi connectivity index (χ4n) is 6.49. The van der Waals surface area contributed by atoms with E-state index < -0.39 is 10.0 Å². The van der Waals surface area contributed by atoms with E-state index in [2.05, 4.69) is 16.1 Å². The molecule has 1 fully saturated rings. The molecule has 5 heterocycles. The number of aryl methyl sites for hydroxylation is 1. The molecule has 0 bridgehead atoms. The Kier molecular flexibility index (Phi) is 8.67. The minimum absolute atomic E-state index is 0.167. The van der Waals surface area contributed by atoms with Gasteiger partial charge in [0.05, 0.1) is 23.7 Å². The van der Waals surface area contributed by atoms with Crippen molar-refractivity contribution in [3.05, 3.63) is 120 Å². The van der Waals surface area contributed by atoms with Crippen LogP contribution in [0, 0.1) is 12.7 Å². The maximum Gasteiger partial charge on any atom is 0.269 e. The smallest absolute Gasteiger partial charge is 0.269 e. The number of hydrogen-bond donors (Lipinski definition) is 1. The van der Waals surface area contributed by atoms with Crippen LogP contribution >= 0.6 is 0 Å². The Hall–Kier alpha value is -4.71. The van der Waals surface area contributed by atoms with Gasteiger partial charge in [-0.3, -0.25) is 9.67 Å². The van der Waals surface area contributed by atoms with Gasteiger partial charge < -0.3 is 10.0 Å². The molecule has 7 rings (SSSR count). The summed E-state index contributed by atoms with van der Waals surface area (Å²) in [6.07, 6.45) is 10.3. The van der Waals surface area contributed by atoms with Crippen LogP contribution in [0.2, 0.25) is 0 Å². The van der Waals surface area contributed by atoms with E-state index >= 15 is 0 Å². The van der Waals surface area contributed by atoms with Crippen molar-refractivity contribution < 1.29 is 17.9 Å². The molecule has 2 aromatic carbocycles. The normalized spacial score (nSPS) is 15.2. The zero-order valence-electron chi connectivity index (χ0n) is 26.9. The van der Waals surface area contributed by atoms with E-state index in [1.54, 1.807) is 53.6 Å². The second-order valence-electron chi connectivity index (χ2n) is 12.7. The lowest BCUT2D eigenvalue weighted by Crippen LogP contribution is -2.37. The molecule has 4 aromatic heterocycles. The number of aliphatic hydroxyl groups excluding tert-OH is 1. The van der Waals surface area contributed by atoms with E-state index in [9.17, 15) is 17.9 Å². The monoisotopic (exact) mass is 664 g/mol. The Morgan fingerprint density at radius 2 is 1.69 bits per heavy atom. The summed E-state index contributed by atoms with van der Waals surface area (Å²) < 4.78 is 44.6. The van der Waals surface area contributed by atoms with Crippen LogP contribution in [-0.2, 0) is 16.6 Å². The summed E-state index contributed by atoms with van der Waals surface area (Å²) in [6, 6.07) is 19.2. The zero-order chi connectivity index (χ0) is 33.4. The molecule has 1 atom stereocenters. The van der Waals surface area contributed by atoms with Crippen LogP contribution < -0.4 is 0 Å². The predicted octanol–water partition coefficient (Wildman–Crippen LogP) is 6.25. The molecule has 48 heavy (non-hydrogen) atoms. The predicted molar refractivity (Wildman–Crippen MR) is 184 cm³/mol. The lowest BCUT2D eigenvalue weighted by atomic mass is 9.92. The molecule has 1 saturated heterocycles. The molecule has 0 unspecified atom stereocenters. The average Bonchev–Trinajstić information content (AvgIpc) is 3.70. The molecule has 0 aliphatic carbocycles. The number of β-amino-alcohol motifs (C(OH)–C–C–N with tert-alkyl or cyclic N) is 1. The number of hydrogen-bond acceptors (Lipinski definition) is 7. The Balaban J connectivity index is 1.24. The minimum atomic E-state index is -3.97.